The van der Waals surface area contributed by atoms with E-state index in [4.69, 9.17) is 5.73 Å². The fraction of sp³-hybridized carbons (Fsp3) is 0.538. The summed E-state index contributed by atoms with van der Waals surface area (Å²) in [5.41, 5.74) is 5.76. The van der Waals surface area contributed by atoms with Gasteiger partial charge in [0.1, 0.15) is 10.7 Å². The van der Waals surface area contributed by atoms with Crippen molar-refractivity contribution in [2.24, 2.45) is 0 Å². The van der Waals surface area contributed by atoms with Crippen molar-refractivity contribution in [1.82, 2.24) is 4.31 Å². The summed E-state index contributed by atoms with van der Waals surface area (Å²) >= 11 is 0. The van der Waals surface area contributed by atoms with E-state index in [1.165, 1.54) is 10.4 Å². The molecule has 0 radical (unpaired) electrons. The molecule has 0 spiro atoms. The van der Waals surface area contributed by atoms with Gasteiger partial charge in [-0.05, 0) is 31.0 Å². The van der Waals surface area contributed by atoms with Gasteiger partial charge in [0.25, 0.3) is 0 Å². The number of hydrogen-bond donors (Lipinski definition) is 1. The molecule has 0 unspecified atom stereocenters. The SMILES string of the molecule is CN(C1CCCCC1)S(=O)(=O)c1cc(F)ccc1N. The zero-order valence-corrected chi connectivity index (χ0v) is 11.8. The minimum absolute atomic E-state index is 0.0126. The maximum Gasteiger partial charge on any atom is 0.245 e. The van der Waals surface area contributed by atoms with Crippen LogP contribution in [0.5, 0.6) is 0 Å². The van der Waals surface area contributed by atoms with Crippen molar-refractivity contribution in [1.29, 1.82) is 0 Å². The minimum Gasteiger partial charge on any atom is -0.398 e. The summed E-state index contributed by atoms with van der Waals surface area (Å²) in [5.74, 6) is -0.593. The Hall–Kier alpha value is -1.14. The van der Waals surface area contributed by atoms with Crippen LogP contribution in [-0.2, 0) is 10.0 Å². The zero-order valence-electron chi connectivity index (χ0n) is 11.0. The normalized spacial score (nSPS) is 17.8. The number of sulfonamides is 1. The van der Waals surface area contributed by atoms with E-state index >= 15 is 0 Å². The summed E-state index contributed by atoms with van der Waals surface area (Å²) < 4.78 is 39.6. The smallest absolute Gasteiger partial charge is 0.245 e. The van der Waals surface area contributed by atoms with Gasteiger partial charge in [0.15, 0.2) is 0 Å². The summed E-state index contributed by atoms with van der Waals surface area (Å²) in [4.78, 5) is -0.138. The third kappa shape index (κ3) is 2.90. The molecule has 0 saturated heterocycles. The molecule has 0 aromatic heterocycles. The molecule has 1 aromatic carbocycles. The predicted octanol–water partition coefficient (Wildman–Crippen LogP) is 2.36. The Morgan fingerprint density at radius 1 is 1.26 bits per heavy atom. The molecule has 0 aliphatic heterocycles. The van der Waals surface area contributed by atoms with Crippen LogP contribution in [0.1, 0.15) is 32.1 Å². The van der Waals surface area contributed by atoms with Gasteiger partial charge in [-0.1, -0.05) is 19.3 Å². The highest BCUT2D eigenvalue weighted by Gasteiger charge is 2.30. The quantitative estimate of drug-likeness (QED) is 0.868. The highest BCUT2D eigenvalue weighted by atomic mass is 32.2. The van der Waals surface area contributed by atoms with E-state index in [1.807, 2.05) is 0 Å². The number of benzene rings is 1. The van der Waals surface area contributed by atoms with Crippen molar-refractivity contribution < 1.29 is 12.8 Å². The highest BCUT2D eigenvalue weighted by molar-refractivity contribution is 7.89. The third-order valence-corrected chi connectivity index (χ3v) is 5.69. The highest BCUT2D eigenvalue weighted by Crippen LogP contribution is 2.29. The average molecular weight is 286 g/mol. The van der Waals surface area contributed by atoms with Crippen LogP contribution in [0.2, 0.25) is 0 Å². The Labute approximate surface area is 113 Å². The Balaban J connectivity index is 2.33. The Kier molecular flexibility index (Phi) is 4.10. The summed E-state index contributed by atoms with van der Waals surface area (Å²) in [6.07, 6.45) is 4.91. The van der Waals surface area contributed by atoms with Gasteiger partial charge in [-0.15, -0.1) is 0 Å². The summed E-state index contributed by atoms with van der Waals surface area (Å²) in [7, 11) is -2.17. The largest absolute Gasteiger partial charge is 0.398 e. The van der Waals surface area contributed by atoms with E-state index in [0.29, 0.717) is 0 Å². The first kappa shape index (κ1) is 14.3. The molecular formula is C13H19FN2O2S. The molecule has 2 N–H and O–H groups in total. The molecule has 1 aliphatic rings. The first-order valence-electron chi connectivity index (χ1n) is 6.46. The Morgan fingerprint density at radius 3 is 2.53 bits per heavy atom. The van der Waals surface area contributed by atoms with Gasteiger partial charge in [0.2, 0.25) is 10.0 Å². The van der Waals surface area contributed by atoms with Crippen LogP contribution in [0.25, 0.3) is 0 Å². The molecule has 6 heteroatoms. The summed E-state index contributed by atoms with van der Waals surface area (Å²) in [5, 5.41) is 0. The molecular weight excluding hydrogens is 267 g/mol. The number of nitrogens with zero attached hydrogens (tertiary/aromatic N) is 1. The van der Waals surface area contributed by atoms with Gasteiger partial charge < -0.3 is 5.73 Å². The molecule has 1 aromatic rings. The summed E-state index contributed by atoms with van der Waals surface area (Å²) in [6.45, 7) is 0. The molecule has 0 atom stereocenters. The Morgan fingerprint density at radius 2 is 1.89 bits per heavy atom. The maximum absolute atomic E-state index is 13.2. The van der Waals surface area contributed by atoms with Crippen molar-refractivity contribution in [3.8, 4) is 0 Å². The molecule has 1 aliphatic carbocycles. The molecule has 1 fully saturated rings. The molecule has 106 valence electrons. The summed E-state index contributed by atoms with van der Waals surface area (Å²) in [6, 6.07) is 3.43. The van der Waals surface area contributed by atoms with Crippen molar-refractivity contribution in [3.63, 3.8) is 0 Å². The van der Waals surface area contributed by atoms with E-state index in [-0.39, 0.29) is 16.6 Å². The van der Waals surface area contributed by atoms with E-state index in [2.05, 4.69) is 0 Å². The van der Waals surface area contributed by atoms with Crippen LogP contribution in [0.3, 0.4) is 0 Å². The van der Waals surface area contributed by atoms with Gasteiger partial charge in [0.05, 0.1) is 5.69 Å². The van der Waals surface area contributed by atoms with Gasteiger partial charge >= 0.3 is 0 Å². The van der Waals surface area contributed by atoms with Gasteiger partial charge in [-0.25, -0.2) is 12.8 Å². The lowest BCUT2D eigenvalue weighted by Crippen LogP contribution is -2.38. The monoisotopic (exact) mass is 286 g/mol. The van der Waals surface area contributed by atoms with Crippen LogP contribution in [0.15, 0.2) is 23.1 Å². The number of rotatable bonds is 3. The van der Waals surface area contributed by atoms with Crippen molar-refractivity contribution in [2.75, 3.05) is 12.8 Å². The van der Waals surface area contributed by atoms with Crippen LogP contribution in [0.4, 0.5) is 10.1 Å². The zero-order chi connectivity index (χ0) is 14.0. The average Bonchev–Trinajstić information content (AvgIpc) is 2.41. The topological polar surface area (TPSA) is 63.4 Å². The maximum atomic E-state index is 13.2. The second kappa shape index (κ2) is 5.46. The molecule has 4 nitrogen and oxygen atoms in total. The third-order valence-electron chi connectivity index (χ3n) is 3.72. The Bertz CT molecular complexity index is 554. The van der Waals surface area contributed by atoms with Crippen LogP contribution >= 0.6 is 0 Å². The first-order valence-corrected chi connectivity index (χ1v) is 7.90. The molecule has 0 bridgehead atoms. The second-order valence-electron chi connectivity index (χ2n) is 5.00. The number of nitrogen functional groups attached to an aromatic ring is 1. The van der Waals surface area contributed by atoms with Crippen LogP contribution < -0.4 is 5.73 Å². The molecule has 2 rings (SSSR count). The van der Waals surface area contributed by atoms with E-state index in [1.54, 1.807) is 7.05 Å². The molecule has 0 amide bonds. The van der Waals surface area contributed by atoms with Crippen molar-refractivity contribution in [3.05, 3.63) is 24.0 Å². The number of nitrogens with two attached hydrogens (primary N) is 1. The fourth-order valence-electron chi connectivity index (χ4n) is 2.53. The predicted molar refractivity (Wildman–Crippen MR) is 72.6 cm³/mol. The van der Waals surface area contributed by atoms with E-state index in [0.717, 1.165) is 44.2 Å². The van der Waals surface area contributed by atoms with Crippen molar-refractivity contribution >= 4 is 15.7 Å². The number of anilines is 1. The van der Waals surface area contributed by atoms with Crippen molar-refractivity contribution in [2.45, 2.75) is 43.0 Å². The second-order valence-corrected chi connectivity index (χ2v) is 6.96. The lowest BCUT2D eigenvalue weighted by atomic mass is 9.96. The lowest BCUT2D eigenvalue weighted by Gasteiger charge is -2.30. The standard InChI is InChI=1S/C13H19FN2O2S/c1-16(11-5-3-2-4-6-11)19(17,18)13-9-10(14)7-8-12(13)15/h7-9,11H,2-6,15H2,1H3. The fourth-order valence-corrected chi connectivity index (χ4v) is 4.07. The number of halogens is 1. The van der Waals surface area contributed by atoms with Crippen LogP contribution in [0, 0.1) is 5.82 Å². The first-order chi connectivity index (χ1) is 8.93. The molecule has 19 heavy (non-hydrogen) atoms. The van der Waals surface area contributed by atoms with E-state index < -0.39 is 15.8 Å². The van der Waals surface area contributed by atoms with Crippen LogP contribution in [-0.4, -0.2) is 25.8 Å². The molecule has 0 heterocycles. The van der Waals surface area contributed by atoms with Gasteiger partial charge in [-0.2, -0.15) is 4.31 Å². The van der Waals surface area contributed by atoms with Gasteiger partial charge in [0, 0.05) is 13.1 Å². The molecule has 1 saturated carbocycles. The van der Waals surface area contributed by atoms with E-state index in [9.17, 15) is 12.8 Å². The number of hydrogen-bond acceptors (Lipinski definition) is 3. The lowest BCUT2D eigenvalue weighted by molar-refractivity contribution is 0.286. The minimum atomic E-state index is -3.72. The van der Waals surface area contributed by atoms with Gasteiger partial charge in [-0.3, -0.25) is 0 Å².